The summed E-state index contributed by atoms with van der Waals surface area (Å²) in [5, 5.41) is 3.24. The Hall–Kier alpha value is -0.360. The first kappa shape index (κ1) is 10.7. The van der Waals surface area contributed by atoms with Crippen molar-refractivity contribution < 1.29 is 0 Å². The molecule has 72 valence electrons. The molecule has 0 aliphatic carbocycles. The molecule has 13 heavy (non-hydrogen) atoms. The lowest BCUT2D eigenvalue weighted by Gasteiger charge is -2.04. The van der Waals surface area contributed by atoms with E-state index in [1.54, 1.807) is 16.7 Å². The van der Waals surface area contributed by atoms with Crippen LogP contribution in [0, 0.1) is 0 Å². The molecule has 0 aliphatic heterocycles. The average Bonchev–Trinajstić information content (AvgIpc) is 2.15. The van der Waals surface area contributed by atoms with Gasteiger partial charge in [0, 0.05) is 36.3 Å². The van der Waals surface area contributed by atoms with Crippen molar-refractivity contribution in [1.29, 1.82) is 0 Å². The Labute approximate surface area is 91.3 Å². The molecule has 0 bridgehead atoms. The molecule has 0 radical (unpaired) electrons. The first-order valence-corrected chi connectivity index (χ1v) is 5.79. The van der Waals surface area contributed by atoms with Crippen LogP contribution in [-0.2, 0) is 6.54 Å². The topological polar surface area (TPSA) is 34.0 Å². The van der Waals surface area contributed by atoms with Gasteiger partial charge in [-0.05, 0) is 6.07 Å². The molecule has 0 aromatic carbocycles. The number of alkyl halides is 1. The molecule has 0 saturated carbocycles. The number of halogens is 1. The summed E-state index contributed by atoms with van der Waals surface area (Å²) in [5.74, 6) is 0. The molecular formula is C9H13IN2O. The summed E-state index contributed by atoms with van der Waals surface area (Å²) < 4.78 is 2.81. The van der Waals surface area contributed by atoms with Crippen LogP contribution in [0.3, 0.4) is 0 Å². The molecule has 0 aliphatic rings. The van der Waals surface area contributed by atoms with Gasteiger partial charge in [-0.15, -0.1) is 0 Å². The predicted molar refractivity (Wildman–Crippen MR) is 62.5 cm³/mol. The normalized spacial score (nSPS) is 10.2. The first-order valence-electron chi connectivity index (χ1n) is 4.27. The van der Waals surface area contributed by atoms with E-state index in [2.05, 4.69) is 27.9 Å². The number of nitrogens with zero attached hydrogens (tertiary/aromatic N) is 1. The minimum Gasteiger partial charge on any atom is -0.314 e. The fraction of sp³-hybridized carbons (Fsp3) is 0.444. The molecule has 0 fully saturated rings. The molecule has 1 aromatic heterocycles. The molecule has 1 heterocycles. The smallest absolute Gasteiger partial charge is 0.250 e. The van der Waals surface area contributed by atoms with Crippen molar-refractivity contribution in [2.75, 3.05) is 17.5 Å². The highest BCUT2D eigenvalue weighted by atomic mass is 127. The van der Waals surface area contributed by atoms with Gasteiger partial charge in [0.2, 0.25) is 0 Å². The van der Waals surface area contributed by atoms with Gasteiger partial charge < -0.3 is 9.88 Å². The molecule has 3 nitrogen and oxygen atoms in total. The van der Waals surface area contributed by atoms with Crippen molar-refractivity contribution in [3.63, 3.8) is 0 Å². The molecule has 1 rings (SSSR count). The van der Waals surface area contributed by atoms with E-state index in [1.165, 1.54) is 0 Å². The second-order valence-electron chi connectivity index (χ2n) is 2.67. The Balaban J connectivity index is 2.37. The Morgan fingerprint density at radius 3 is 2.92 bits per heavy atom. The minimum atomic E-state index is 0.0683. The third-order valence-corrected chi connectivity index (χ3v) is 2.24. The van der Waals surface area contributed by atoms with E-state index in [0.29, 0.717) is 0 Å². The predicted octanol–water partition coefficient (Wildman–Crippen LogP) is 0.873. The van der Waals surface area contributed by atoms with Crippen LogP contribution in [-0.4, -0.2) is 22.1 Å². The number of rotatable bonds is 5. The zero-order chi connectivity index (χ0) is 9.52. The number of hydrogen-bond donors (Lipinski definition) is 1. The molecule has 0 amide bonds. The highest BCUT2D eigenvalue weighted by molar-refractivity contribution is 14.1. The Bertz CT molecular complexity index is 298. The average molecular weight is 292 g/mol. The minimum absolute atomic E-state index is 0.0683. The fourth-order valence-corrected chi connectivity index (χ4v) is 1.42. The highest BCUT2D eigenvalue weighted by Crippen LogP contribution is 1.81. The Morgan fingerprint density at radius 2 is 2.23 bits per heavy atom. The molecule has 1 N–H and O–H groups in total. The Kier molecular flexibility index (Phi) is 5.07. The van der Waals surface area contributed by atoms with Crippen LogP contribution < -0.4 is 10.9 Å². The van der Waals surface area contributed by atoms with E-state index in [-0.39, 0.29) is 5.56 Å². The number of nitrogens with one attached hydrogen (secondary N) is 1. The maximum Gasteiger partial charge on any atom is 0.250 e. The van der Waals surface area contributed by atoms with Crippen LogP contribution in [0.15, 0.2) is 29.2 Å². The fourth-order valence-electron chi connectivity index (χ4n) is 1.04. The summed E-state index contributed by atoms with van der Waals surface area (Å²) in [6.07, 6.45) is 1.81. The van der Waals surface area contributed by atoms with Crippen LogP contribution in [0.25, 0.3) is 0 Å². The molecular weight excluding hydrogens is 279 g/mol. The zero-order valence-corrected chi connectivity index (χ0v) is 9.53. The summed E-state index contributed by atoms with van der Waals surface area (Å²) in [6.45, 7) is 2.60. The number of pyridine rings is 1. The van der Waals surface area contributed by atoms with Gasteiger partial charge in [-0.25, -0.2) is 0 Å². The van der Waals surface area contributed by atoms with Crippen LogP contribution in [0.4, 0.5) is 0 Å². The lowest BCUT2D eigenvalue weighted by atomic mass is 10.4. The summed E-state index contributed by atoms with van der Waals surface area (Å²) in [7, 11) is 0. The van der Waals surface area contributed by atoms with E-state index < -0.39 is 0 Å². The Morgan fingerprint density at radius 1 is 1.38 bits per heavy atom. The zero-order valence-electron chi connectivity index (χ0n) is 7.37. The molecule has 0 saturated heterocycles. The van der Waals surface area contributed by atoms with E-state index in [1.807, 2.05) is 12.3 Å². The molecule has 0 atom stereocenters. The van der Waals surface area contributed by atoms with Gasteiger partial charge in [0.05, 0.1) is 0 Å². The molecule has 0 unspecified atom stereocenters. The summed E-state index contributed by atoms with van der Waals surface area (Å²) >= 11 is 2.32. The van der Waals surface area contributed by atoms with Crippen LogP contribution in [0.1, 0.15) is 0 Å². The molecule has 0 spiro atoms. The lowest BCUT2D eigenvalue weighted by Crippen LogP contribution is -2.26. The van der Waals surface area contributed by atoms with Crippen molar-refractivity contribution in [3.05, 3.63) is 34.7 Å². The highest BCUT2D eigenvalue weighted by Gasteiger charge is 1.91. The van der Waals surface area contributed by atoms with Gasteiger partial charge in [0.25, 0.3) is 5.56 Å². The van der Waals surface area contributed by atoms with Crippen LogP contribution in [0.2, 0.25) is 0 Å². The standard InChI is InChI=1S/C9H13IN2O/c10-4-5-11-6-8-12-7-2-1-3-9(12)13/h1-3,7,11H,4-6,8H2. The van der Waals surface area contributed by atoms with Crippen molar-refractivity contribution in [3.8, 4) is 0 Å². The third-order valence-electron chi connectivity index (χ3n) is 1.70. The second kappa shape index (κ2) is 6.15. The van der Waals surface area contributed by atoms with Crippen LogP contribution >= 0.6 is 22.6 Å². The molecule has 4 heteroatoms. The van der Waals surface area contributed by atoms with Crippen molar-refractivity contribution in [1.82, 2.24) is 9.88 Å². The lowest BCUT2D eigenvalue weighted by molar-refractivity contribution is 0.602. The van der Waals surface area contributed by atoms with Gasteiger partial charge in [-0.3, -0.25) is 4.79 Å². The van der Waals surface area contributed by atoms with E-state index in [0.717, 1.165) is 24.1 Å². The summed E-state index contributed by atoms with van der Waals surface area (Å²) in [5.41, 5.74) is 0.0683. The van der Waals surface area contributed by atoms with Gasteiger partial charge in [0.1, 0.15) is 0 Å². The quantitative estimate of drug-likeness (QED) is 0.496. The van der Waals surface area contributed by atoms with Crippen LogP contribution in [0.5, 0.6) is 0 Å². The van der Waals surface area contributed by atoms with Gasteiger partial charge in [0.15, 0.2) is 0 Å². The summed E-state index contributed by atoms with van der Waals surface area (Å²) in [4.78, 5) is 11.2. The first-order chi connectivity index (χ1) is 6.34. The van der Waals surface area contributed by atoms with Crippen molar-refractivity contribution >= 4 is 22.6 Å². The number of aromatic nitrogens is 1. The van der Waals surface area contributed by atoms with Crippen molar-refractivity contribution in [2.45, 2.75) is 6.54 Å². The number of hydrogen-bond acceptors (Lipinski definition) is 2. The van der Waals surface area contributed by atoms with E-state index in [9.17, 15) is 4.79 Å². The van der Waals surface area contributed by atoms with Gasteiger partial charge in [-0.1, -0.05) is 28.7 Å². The molecule has 1 aromatic rings. The maximum absolute atomic E-state index is 11.2. The van der Waals surface area contributed by atoms with E-state index in [4.69, 9.17) is 0 Å². The largest absolute Gasteiger partial charge is 0.314 e. The third kappa shape index (κ3) is 3.91. The monoisotopic (exact) mass is 292 g/mol. The van der Waals surface area contributed by atoms with Crippen molar-refractivity contribution in [2.24, 2.45) is 0 Å². The summed E-state index contributed by atoms with van der Waals surface area (Å²) in [6, 6.07) is 5.22. The van der Waals surface area contributed by atoms with Gasteiger partial charge >= 0.3 is 0 Å². The second-order valence-corrected chi connectivity index (χ2v) is 3.75. The van der Waals surface area contributed by atoms with Gasteiger partial charge in [-0.2, -0.15) is 0 Å². The maximum atomic E-state index is 11.2. The SMILES string of the molecule is O=c1ccccn1CCNCCI. The van der Waals surface area contributed by atoms with E-state index >= 15 is 0 Å².